The third-order valence-corrected chi connectivity index (χ3v) is 7.11. The van der Waals surface area contributed by atoms with Crippen molar-refractivity contribution in [1.82, 2.24) is 28.3 Å². The quantitative estimate of drug-likeness (QED) is 0.176. The van der Waals surface area contributed by atoms with Gasteiger partial charge in [0.15, 0.2) is 10.8 Å². The van der Waals surface area contributed by atoms with Gasteiger partial charge in [-0.1, -0.05) is 16.9 Å². The molecule has 0 radical (unpaired) electrons. The molecule has 2 amide bonds. The Labute approximate surface area is 199 Å². The number of hydrogen-bond donors (Lipinski definition) is 4. The van der Waals surface area contributed by atoms with Crippen molar-refractivity contribution < 1.29 is 37.9 Å². The maximum Gasteiger partial charge on any atom is 0.437 e. The number of carboxylic acids is 1. The van der Waals surface area contributed by atoms with Gasteiger partial charge in [-0.25, -0.2) is 4.79 Å². The van der Waals surface area contributed by atoms with E-state index in [1.165, 1.54) is 0 Å². The number of oxime groups is 1. The van der Waals surface area contributed by atoms with E-state index in [1.54, 1.807) is 0 Å². The highest BCUT2D eigenvalue weighted by molar-refractivity contribution is 8.03. The van der Waals surface area contributed by atoms with Crippen LogP contribution >= 0.6 is 35.0 Å². The number of aliphatic carboxylic acids is 1. The average Bonchev–Trinajstić information content (AvgIpc) is 3.41. The summed E-state index contributed by atoms with van der Waals surface area (Å²) in [6, 6.07) is -1.94. The normalized spacial score (nSPS) is 20.7. The van der Waals surface area contributed by atoms with Gasteiger partial charge in [-0.2, -0.15) is 31.3 Å². The van der Waals surface area contributed by atoms with Crippen molar-refractivity contribution >= 4 is 63.6 Å². The number of allylic oxidation sites excluding steroid dienone is 1. The average molecular weight is 536 g/mol. The third kappa shape index (κ3) is 4.16. The van der Waals surface area contributed by atoms with E-state index in [-0.39, 0.29) is 28.7 Å². The third-order valence-electron chi connectivity index (χ3n) is 4.80. The summed E-state index contributed by atoms with van der Waals surface area (Å²) in [5.74, 6) is -3.59. The topological polar surface area (TPSA) is 197 Å². The molecule has 13 nitrogen and oxygen atoms in total. The largest absolute Gasteiger partial charge is 0.477 e. The van der Waals surface area contributed by atoms with Crippen molar-refractivity contribution in [2.24, 2.45) is 5.16 Å². The van der Waals surface area contributed by atoms with Gasteiger partial charge in [0.2, 0.25) is 11.5 Å². The lowest BCUT2D eigenvalue weighted by molar-refractivity contribution is -0.155. The van der Waals surface area contributed by atoms with Gasteiger partial charge in [0.05, 0.1) is 17.8 Å². The molecule has 2 aromatic heterocycles. The summed E-state index contributed by atoms with van der Waals surface area (Å²) in [4.78, 5) is 41.7. The van der Waals surface area contributed by atoms with Crippen molar-refractivity contribution in [3.63, 3.8) is 0 Å². The molecular formula is C15H11F3N8O5S3. The molecule has 0 aromatic carbocycles. The van der Waals surface area contributed by atoms with E-state index in [0.29, 0.717) is 23.5 Å². The van der Waals surface area contributed by atoms with Crippen molar-refractivity contribution in [3.05, 3.63) is 22.1 Å². The van der Waals surface area contributed by atoms with Crippen LogP contribution in [0, 0.1) is 0 Å². The van der Waals surface area contributed by atoms with E-state index in [9.17, 15) is 32.7 Å². The molecule has 2 atom stereocenters. The molecule has 180 valence electrons. The Bertz CT molecular complexity index is 1240. The summed E-state index contributed by atoms with van der Waals surface area (Å²) >= 11 is 1.56. The Morgan fingerprint density at radius 1 is 1.29 bits per heavy atom. The highest BCUT2D eigenvalue weighted by atomic mass is 32.2. The number of amides is 2. The number of nitrogens with one attached hydrogen (secondary N) is 1. The van der Waals surface area contributed by atoms with Gasteiger partial charge in [0, 0.05) is 16.4 Å². The van der Waals surface area contributed by atoms with Crippen molar-refractivity contribution in [3.8, 4) is 0 Å². The predicted octanol–water partition coefficient (Wildman–Crippen LogP) is 0.747. The van der Waals surface area contributed by atoms with Crippen LogP contribution in [-0.4, -0.2) is 68.9 Å². The Balaban J connectivity index is 1.55. The Hall–Kier alpha value is -3.32. The van der Waals surface area contributed by atoms with Gasteiger partial charge in [-0.05, 0) is 12.8 Å². The lowest BCUT2D eigenvalue weighted by Crippen LogP contribution is -2.72. The molecule has 0 saturated carbocycles. The molecule has 0 spiro atoms. The van der Waals surface area contributed by atoms with Crippen LogP contribution in [0.15, 0.2) is 20.8 Å². The summed E-state index contributed by atoms with van der Waals surface area (Å²) in [6.07, 6.45) is -4.63. The van der Waals surface area contributed by atoms with Crippen molar-refractivity contribution in [2.75, 3.05) is 5.73 Å². The lowest BCUT2D eigenvalue weighted by Gasteiger charge is -2.49. The lowest BCUT2D eigenvalue weighted by atomic mass is 9.86. The van der Waals surface area contributed by atoms with E-state index in [4.69, 9.17) is 10.9 Å². The molecule has 0 aliphatic carbocycles. The number of aromatic nitrogens is 4. The molecule has 34 heavy (non-hydrogen) atoms. The minimum Gasteiger partial charge on any atom is -0.477 e. The Morgan fingerprint density at radius 3 is 2.62 bits per heavy atom. The number of hydrogen-bond acceptors (Lipinski definition) is 13. The minimum atomic E-state index is -4.78. The summed E-state index contributed by atoms with van der Waals surface area (Å²) in [5.41, 5.74) is 3.10. The van der Waals surface area contributed by atoms with Gasteiger partial charge in [-0.3, -0.25) is 14.5 Å². The SMILES string of the molecule is Nc1nc(/C(=N/O)C(=O)NC2C(=O)N3C(C(=O)O)=C(Sc4nsnc4C(F)(F)F)CCC23)ns1. The summed E-state index contributed by atoms with van der Waals surface area (Å²) in [5, 5.41) is 23.5. The van der Waals surface area contributed by atoms with Crippen molar-refractivity contribution in [2.45, 2.75) is 36.1 Å². The number of nitrogens with two attached hydrogens (primary N) is 1. The van der Waals surface area contributed by atoms with E-state index in [0.717, 1.165) is 16.4 Å². The molecular weight excluding hydrogens is 525 g/mol. The first kappa shape index (κ1) is 23.8. The fourth-order valence-corrected chi connectivity index (χ4v) is 5.61. The van der Waals surface area contributed by atoms with Gasteiger partial charge in [0.25, 0.3) is 11.8 Å². The van der Waals surface area contributed by atoms with Gasteiger partial charge >= 0.3 is 12.1 Å². The van der Waals surface area contributed by atoms with Gasteiger partial charge in [-0.15, -0.1) is 0 Å². The number of alkyl halides is 3. The second kappa shape index (κ2) is 8.80. The molecule has 2 aromatic rings. The van der Waals surface area contributed by atoms with Crippen LogP contribution in [0.5, 0.6) is 0 Å². The van der Waals surface area contributed by atoms with E-state index >= 15 is 0 Å². The molecule has 2 unspecified atom stereocenters. The number of fused-ring (bicyclic) bond motifs is 1. The van der Waals surface area contributed by atoms with Crippen molar-refractivity contribution in [1.29, 1.82) is 0 Å². The standard InChI is InChI=1S/C15H11F3N8O5S3/c16-15(17,18)8-11(25-34-23-8)32-4-2-1-3-5(12(28)26(3)7(4)13(29)30)20-10(27)6(22-31)9-21-14(19)33-24-9/h3,5,31H,1-2H2,(H,20,27)(H,29,30)(H2,19,21,24)/b22-6-. The first-order valence-electron chi connectivity index (χ1n) is 9.02. The maximum atomic E-state index is 13.1. The zero-order chi connectivity index (χ0) is 24.8. The summed E-state index contributed by atoms with van der Waals surface area (Å²) in [6.45, 7) is 0. The number of halogens is 3. The molecule has 0 bridgehead atoms. The number of carboxylic acid groups (broad SMARTS) is 1. The number of β-lactam (4-membered cyclic amide) rings is 1. The highest BCUT2D eigenvalue weighted by Crippen LogP contribution is 2.45. The number of anilines is 1. The molecule has 1 fully saturated rings. The zero-order valence-electron chi connectivity index (χ0n) is 16.3. The number of carbonyl (C=O) groups is 3. The summed E-state index contributed by atoms with van der Waals surface area (Å²) in [7, 11) is 0. The van der Waals surface area contributed by atoms with Crippen LogP contribution in [-0.2, 0) is 20.6 Å². The zero-order valence-corrected chi connectivity index (χ0v) is 18.8. The molecule has 2 aliphatic rings. The van der Waals surface area contributed by atoms with Crippen LogP contribution in [0.4, 0.5) is 18.3 Å². The smallest absolute Gasteiger partial charge is 0.437 e. The van der Waals surface area contributed by atoms with Crippen LogP contribution in [0.2, 0.25) is 0 Å². The minimum absolute atomic E-state index is 0.000153. The highest BCUT2D eigenvalue weighted by Gasteiger charge is 2.54. The number of thioether (sulfide) groups is 1. The molecule has 4 rings (SSSR count). The van der Waals surface area contributed by atoms with E-state index in [2.05, 4.69) is 28.6 Å². The molecule has 4 heterocycles. The van der Waals surface area contributed by atoms with Gasteiger partial charge in [0.1, 0.15) is 16.8 Å². The van der Waals surface area contributed by atoms with E-state index < -0.39 is 58.2 Å². The molecule has 5 N–H and O–H groups in total. The van der Waals surface area contributed by atoms with Crippen LogP contribution in [0.25, 0.3) is 0 Å². The predicted molar refractivity (Wildman–Crippen MR) is 110 cm³/mol. The Morgan fingerprint density at radius 2 is 2.03 bits per heavy atom. The molecule has 19 heteroatoms. The first-order chi connectivity index (χ1) is 16.0. The summed E-state index contributed by atoms with van der Waals surface area (Å²) < 4.78 is 49.9. The fraction of sp³-hybridized carbons (Fsp3) is 0.333. The number of carbonyl (C=O) groups excluding carboxylic acids is 2. The number of nitrogen functional groups attached to an aromatic ring is 1. The number of nitrogens with zero attached hydrogens (tertiary/aromatic N) is 6. The number of rotatable bonds is 6. The Kier molecular flexibility index (Phi) is 6.16. The molecule has 2 aliphatic heterocycles. The van der Waals surface area contributed by atoms with Crippen LogP contribution < -0.4 is 11.1 Å². The monoisotopic (exact) mass is 536 g/mol. The maximum absolute atomic E-state index is 13.1. The second-order valence-corrected chi connectivity index (χ2v) is 9.16. The van der Waals surface area contributed by atoms with E-state index in [1.807, 2.05) is 0 Å². The van der Waals surface area contributed by atoms with Gasteiger partial charge < -0.3 is 21.4 Å². The van der Waals surface area contributed by atoms with Crippen LogP contribution in [0.3, 0.4) is 0 Å². The van der Waals surface area contributed by atoms with Crippen LogP contribution in [0.1, 0.15) is 24.4 Å². The molecule has 1 saturated heterocycles. The first-order valence-corrected chi connectivity index (χ1v) is 11.3. The fourth-order valence-electron chi connectivity index (χ4n) is 3.40. The second-order valence-electron chi connectivity index (χ2n) is 6.76.